The Morgan fingerprint density at radius 1 is 0.769 bits per heavy atom. The van der Waals surface area contributed by atoms with Crippen LogP contribution in [0.15, 0.2) is 24.3 Å². The molecule has 0 saturated heterocycles. The van der Waals surface area contributed by atoms with Crippen molar-refractivity contribution in [3.8, 4) is 0 Å². The lowest BCUT2D eigenvalue weighted by Crippen LogP contribution is -2.24. The minimum Gasteiger partial charge on any atom is -0.0628 e. The van der Waals surface area contributed by atoms with E-state index in [-0.39, 0.29) is 0 Å². The molecule has 26 heavy (non-hydrogen) atoms. The zero-order valence-corrected chi connectivity index (χ0v) is 17.8. The molecular formula is C26H42. The molecule has 2 aliphatic rings. The van der Waals surface area contributed by atoms with Gasteiger partial charge < -0.3 is 0 Å². The van der Waals surface area contributed by atoms with E-state index in [1.54, 1.807) is 5.56 Å². The molecule has 2 aliphatic carbocycles. The Bertz CT molecular complexity index is 509. The van der Waals surface area contributed by atoms with Gasteiger partial charge in [-0.2, -0.15) is 0 Å². The highest BCUT2D eigenvalue weighted by Crippen LogP contribution is 2.43. The van der Waals surface area contributed by atoms with Crippen molar-refractivity contribution in [3.63, 3.8) is 0 Å². The molecule has 2 fully saturated rings. The number of benzene rings is 1. The standard InChI is InChI=1S/C26H42/c1-19(2)17-21(4)18-22-7-11-24(12-8-22)26-15-13-25(14-16-26)23-9-5-20(3)6-10-23/h7-8,11-12,19-21,23,25-26H,5-6,9-10,13-18H2,1-4H3. The quantitative estimate of drug-likeness (QED) is 0.485. The molecule has 1 unspecified atom stereocenters. The van der Waals surface area contributed by atoms with E-state index < -0.39 is 0 Å². The Morgan fingerprint density at radius 3 is 1.85 bits per heavy atom. The van der Waals surface area contributed by atoms with Crippen LogP contribution in [-0.2, 0) is 6.42 Å². The first-order chi connectivity index (χ1) is 12.5. The molecule has 0 nitrogen and oxygen atoms in total. The van der Waals surface area contributed by atoms with Gasteiger partial charge in [-0.15, -0.1) is 0 Å². The third-order valence-electron chi connectivity index (χ3n) is 7.41. The summed E-state index contributed by atoms with van der Waals surface area (Å²) in [5.41, 5.74) is 3.15. The first kappa shape index (κ1) is 20.0. The molecule has 146 valence electrons. The van der Waals surface area contributed by atoms with Crippen LogP contribution in [0.2, 0.25) is 0 Å². The minimum atomic E-state index is 0.800. The summed E-state index contributed by atoms with van der Waals surface area (Å²) in [6.07, 6.45) is 14.4. The van der Waals surface area contributed by atoms with Gasteiger partial charge >= 0.3 is 0 Å². The fourth-order valence-electron chi connectivity index (χ4n) is 5.90. The Balaban J connectivity index is 1.47. The van der Waals surface area contributed by atoms with Gasteiger partial charge in [-0.3, -0.25) is 0 Å². The Morgan fingerprint density at radius 2 is 1.31 bits per heavy atom. The van der Waals surface area contributed by atoms with E-state index in [1.165, 1.54) is 69.8 Å². The van der Waals surface area contributed by atoms with Crippen molar-refractivity contribution in [2.24, 2.45) is 29.6 Å². The molecule has 1 atom stereocenters. The first-order valence-corrected chi connectivity index (χ1v) is 11.6. The van der Waals surface area contributed by atoms with Gasteiger partial charge in [0.2, 0.25) is 0 Å². The summed E-state index contributed by atoms with van der Waals surface area (Å²) in [5.74, 6) is 5.52. The summed E-state index contributed by atoms with van der Waals surface area (Å²) in [6.45, 7) is 9.52. The number of rotatable bonds is 6. The van der Waals surface area contributed by atoms with Crippen molar-refractivity contribution in [2.45, 2.75) is 97.8 Å². The summed E-state index contributed by atoms with van der Waals surface area (Å²) in [6, 6.07) is 9.73. The van der Waals surface area contributed by atoms with Crippen LogP contribution in [0.5, 0.6) is 0 Å². The average Bonchev–Trinajstić information content (AvgIpc) is 2.62. The topological polar surface area (TPSA) is 0 Å². The molecule has 0 N–H and O–H groups in total. The van der Waals surface area contributed by atoms with Crippen LogP contribution < -0.4 is 0 Å². The molecule has 0 radical (unpaired) electrons. The number of hydrogen-bond donors (Lipinski definition) is 0. The van der Waals surface area contributed by atoms with E-state index in [0.29, 0.717) is 0 Å². The molecule has 0 spiro atoms. The van der Waals surface area contributed by atoms with Crippen molar-refractivity contribution in [2.75, 3.05) is 0 Å². The van der Waals surface area contributed by atoms with Crippen molar-refractivity contribution < 1.29 is 0 Å². The van der Waals surface area contributed by atoms with Crippen LogP contribution in [0.4, 0.5) is 0 Å². The van der Waals surface area contributed by atoms with Gasteiger partial charge in [-0.05, 0) is 98.0 Å². The van der Waals surface area contributed by atoms with Gasteiger partial charge in [0, 0.05) is 0 Å². The molecule has 0 amide bonds. The maximum absolute atomic E-state index is 2.45. The van der Waals surface area contributed by atoms with E-state index in [2.05, 4.69) is 52.0 Å². The van der Waals surface area contributed by atoms with Crippen LogP contribution in [0, 0.1) is 29.6 Å². The molecule has 1 aromatic carbocycles. The molecule has 0 bridgehead atoms. The van der Waals surface area contributed by atoms with Crippen molar-refractivity contribution in [1.29, 1.82) is 0 Å². The summed E-state index contributed by atoms with van der Waals surface area (Å²) >= 11 is 0. The molecule has 1 aromatic rings. The van der Waals surface area contributed by atoms with Gasteiger partial charge in [0.25, 0.3) is 0 Å². The summed E-state index contributed by atoms with van der Waals surface area (Å²) in [4.78, 5) is 0. The fourth-order valence-corrected chi connectivity index (χ4v) is 5.90. The van der Waals surface area contributed by atoms with E-state index in [4.69, 9.17) is 0 Å². The third kappa shape index (κ3) is 5.61. The lowest BCUT2D eigenvalue weighted by Gasteiger charge is -2.37. The van der Waals surface area contributed by atoms with Crippen LogP contribution in [0.25, 0.3) is 0 Å². The van der Waals surface area contributed by atoms with E-state index >= 15 is 0 Å². The molecule has 0 aromatic heterocycles. The van der Waals surface area contributed by atoms with Crippen molar-refractivity contribution >= 4 is 0 Å². The highest BCUT2D eigenvalue weighted by molar-refractivity contribution is 5.26. The molecule has 0 aliphatic heterocycles. The molecular weight excluding hydrogens is 312 g/mol. The lowest BCUT2D eigenvalue weighted by atomic mass is 9.68. The van der Waals surface area contributed by atoms with Crippen LogP contribution >= 0.6 is 0 Å². The van der Waals surface area contributed by atoms with E-state index in [0.717, 1.165) is 35.5 Å². The fraction of sp³-hybridized carbons (Fsp3) is 0.769. The van der Waals surface area contributed by atoms with Gasteiger partial charge in [-0.1, -0.05) is 64.8 Å². The SMILES string of the molecule is CC(C)CC(C)Cc1ccc(C2CCC(C3CCC(C)CC3)CC2)cc1. The van der Waals surface area contributed by atoms with Gasteiger partial charge in [0.05, 0.1) is 0 Å². The van der Waals surface area contributed by atoms with Crippen LogP contribution in [-0.4, -0.2) is 0 Å². The maximum atomic E-state index is 2.45. The minimum absolute atomic E-state index is 0.800. The molecule has 0 heterocycles. The van der Waals surface area contributed by atoms with E-state index in [1.807, 2.05) is 0 Å². The smallest absolute Gasteiger partial charge is 0.0162 e. The van der Waals surface area contributed by atoms with Gasteiger partial charge in [0.15, 0.2) is 0 Å². The second kappa shape index (κ2) is 9.43. The lowest BCUT2D eigenvalue weighted by molar-refractivity contribution is 0.165. The molecule has 3 rings (SSSR count). The van der Waals surface area contributed by atoms with Crippen molar-refractivity contribution in [1.82, 2.24) is 0 Å². The van der Waals surface area contributed by atoms with E-state index in [9.17, 15) is 0 Å². The van der Waals surface area contributed by atoms with Crippen LogP contribution in [0.1, 0.15) is 103 Å². The monoisotopic (exact) mass is 354 g/mol. The average molecular weight is 355 g/mol. The second-order valence-electron chi connectivity index (χ2n) is 10.3. The zero-order chi connectivity index (χ0) is 18.5. The number of hydrogen-bond acceptors (Lipinski definition) is 0. The maximum Gasteiger partial charge on any atom is -0.0162 e. The summed E-state index contributed by atoms with van der Waals surface area (Å²) < 4.78 is 0. The largest absolute Gasteiger partial charge is 0.0628 e. The normalized spacial score (nSPS) is 31.1. The third-order valence-corrected chi connectivity index (χ3v) is 7.41. The van der Waals surface area contributed by atoms with Gasteiger partial charge in [-0.25, -0.2) is 0 Å². The second-order valence-corrected chi connectivity index (χ2v) is 10.3. The zero-order valence-electron chi connectivity index (χ0n) is 17.8. The summed E-state index contributed by atoms with van der Waals surface area (Å²) in [5, 5.41) is 0. The highest BCUT2D eigenvalue weighted by atomic mass is 14.4. The van der Waals surface area contributed by atoms with Gasteiger partial charge in [0.1, 0.15) is 0 Å². The predicted octanol–water partition coefficient (Wildman–Crippen LogP) is 8.01. The summed E-state index contributed by atoms with van der Waals surface area (Å²) in [7, 11) is 0. The first-order valence-electron chi connectivity index (χ1n) is 11.6. The Kier molecular flexibility index (Phi) is 7.24. The van der Waals surface area contributed by atoms with Crippen molar-refractivity contribution in [3.05, 3.63) is 35.4 Å². The predicted molar refractivity (Wildman–Crippen MR) is 115 cm³/mol. The molecule has 0 heteroatoms. The highest BCUT2D eigenvalue weighted by Gasteiger charge is 2.30. The van der Waals surface area contributed by atoms with Crippen LogP contribution in [0.3, 0.4) is 0 Å². The molecule has 2 saturated carbocycles. The Labute approximate surface area is 163 Å². The Hall–Kier alpha value is -0.780.